The lowest BCUT2D eigenvalue weighted by Gasteiger charge is -2.35. The molecule has 1 amide bonds. The van der Waals surface area contributed by atoms with E-state index in [4.69, 9.17) is 0 Å². The van der Waals surface area contributed by atoms with Gasteiger partial charge >= 0.3 is 5.97 Å². The summed E-state index contributed by atoms with van der Waals surface area (Å²) in [6.07, 6.45) is 2.10. The Morgan fingerprint density at radius 3 is 2.33 bits per heavy atom. The van der Waals surface area contributed by atoms with Crippen LogP contribution in [0.25, 0.3) is 0 Å². The number of likely N-dealkylation sites (N-methyl/N-ethyl adjacent to an activating group) is 1. The van der Waals surface area contributed by atoms with Gasteiger partial charge in [-0.3, -0.25) is 4.79 Å². The third-order valence-corrected chi connectivity index (χ3v) is 4.67. The zero-order valence-electron chi connectivity index (χ0n) is 8.89. The van der Waals surface area contributed by atoms with Crippen LogP contribution in [0.2, 0.25) is 0 Å². The Morgan fingerprint density at radius 2 is 2.07 bits per heavy atom. The molecule has 0 saturated heterocycles. The number of hydrogen-bond donors (Lipinski definition) is 2. The molecular weight excluding hydrogens is 254 g/mol. The van der Waals surface area contributed by atoms with E-state index in [1.165, 1.54) is 40.5 Å². The van der Waals surface area contributed by atoms with Crippen molar-refractivity contribution in [3.63, 3.8) is 0 Å². The molecule has 1 N–H and O–H groups in total. The molecule has 0 spiro atoms. The molecule has 0 heterocycles. The third kappa shape index (κ3) is 3.49. The minimum atomic E-state index is -1.22. The number of carboxylic acid groups (broad SMARTS) is 1. The highest BCUT2D eigenvalue weighted by Gasteiger charge is 2.44. The van der Waals surface area contributed by atoms with Crippen LogP contribution >= 0.6 is 34.2 Å². The number of amides is 1. The average molecular weight is 269 g/mol. The van der Waals surface area contributed by atoms with Gasteiger partial charge in [0.05, 0.1) is 0 Å². The fraction of sp³-hybridized carbons (Fsp3) is 0.750. The minimum absolute atomic E-state index is 0.263. The monoisotopic (exact) mass is 269 g/mol. The molecule has 15 heavy (non-hydrogen) atoms. The van der Waals surface area contributed by atoms with Gasteiger partial charge in [-0.05, 0) is 12.0 Å². The lowest BCUT2D eigenvalue weighted by atomic mass is 10.2. The van der Waals surface area contributed by atoms with Crippen molar-refractivity contribution in [1.82, 2.24) is 4.90 Å². The van der Waals surface area contributed by atoms with Crippen molar-refractivity contribution in [2.75, 3.05) is 19.1 Å². The van der Waals surface area contributed by atoms with E-state index in [0.717, 1.165) is 0 Å². The molecule has 0 bridgehead atoms. The largest absolute Gasteiger partial charge is 0.479 e. The predicted molar refractivity (Wildman–Crippen MR) is 68.4 cm³/mol. The van der Waals surface area contributed by atoms with Crippen molar-refractivity contribution in [3.8, 4) is 0 Å². The molecule has 0 aliphatic rings. The summed E-state index contributed by atoms with van der Waals surface area (Å²) in [6, 6.07) is 0. The first-order valence-corrected chi connectivity index (χ1v) is 7.42. The van der Waals surface area contributed by atoms with E-state index in [-0.39, 0.29) is 5.91 Å². The van der Waals surface area contributed by atoms with Gasteiger partial charge in [0.1, 0.15) is 0 Å². The minimum Gasteiger partial charge on any atom is -0.479 e. The fourth-order valence-corrected chi connectivity index (χ4v) is 3.97. The Bertz CT molecular complexity index is 241. The van der Waals surface area contributed by atoms with Crippen LogP contribution in [0.5, 0.6) is 0 Å². The number of nitrogens with zero attached hydrogens (tertiary/aromatic N) is 1. The molecule has 7 heteroatoms. The van der Waals surface area contributed by atoms with Crippen LogP contribution in [-0.2, 0) is 9.59 Å². The van der Waals surface area contributed by atoms with Gasteiger partial charge in [0, 0.05) is 20.4 Å². The number of rotatable bonds is 6. The topological polar surface area (TPSA) is 57.6 Å². The standard InChI is InChI=1S/C8H15NO3S3/c1-6(10)9(2)8(4-5-13,7(11)12)15-14-3/h13H,4-5H2,1-3H3,(H,11,12)/t8-/m1/s1. The molecular formula is C8H15NO3S3. The molecule has 0 aliphatic carbocycles. The van der Waals surface area contributed by atoms with Crippen LogP contribution < -0.4 is 0 Å². The molecule has 0 aliphatic heterocycles. The Kier molecular flexibility index (Phi) is 6.54. The first-order valence-electron chi connectivity index (χ1n) is 4.23. The first kappa shape index (κ1) is 15.0. The van der Waals surface area contributed by atoms with Crippen LogP contribution in [0.1, 0.15) is 13.3 Å². The molecule has 1 atom stereocenters. The van der Waals surface area contributed by atoms with Crippen LogP contribution in [0.15, 0.2) is 0 Å². The maximum absolute atomic E-state index is 11.3. The van der Waals surface area contributed by atoms with Crippen molar-refractivity contribution in [2.45, 2.75) is 18.2 Å². The Hall–Kier alpha value is -0.0100. The quantitative estimate of drug-likeness (QED) is 0.435. The summed E-state index contributed by atoms with van der Waals surface area (Å²) in [7, 11) is 4.00. The van der Waals surface area contributed by atoms with E-state index < -0.39 is 10.8 Å². The normalized spacial score (nSPS) is 14.4. The molecule has 0 saturated carbocycles. The van der Waals surface area contributed by atoms with E-state index in [0.29, 0.717) is 12.2 Å². The number of hydrogen-bond acceptors (Lipinski definition) is 5. The second-order valence-corrected chi connectivity index (χ2v) is 6.01. The van der Waals surface area contributed by atoms with E-state index in [1.807, 2.05) is 0 Å². The van der Waals surface area contributed by atoms with Crippen molar-refractivity contribution in [3.05, 3.63) is 0 Å². The summed E-state index contributed by atoms with van der Waals surface area (Å²) < 4.78 is 0. The van der Waals surface area contributed by atoms with Gasteiger partial charge in [0.15, 0.2) is 4.87 Å². The highest BCUT2D eigenvalue weighted by Crippen LogP contribution is 2.40. The summed E-state index contributed by atoms with van der Waals surface area (Å²) in [5.41, 5.74) is 0. The maximum Gasteiger partial charge on any atom is 0.341 e. The highest BCUT2D eigenvalue weighted by molar-refractivity contribution is 8.77. The Labute approximate surface area is 103 Å². The zero-order valence-corrected chi connectivity index (χ0v) is 11.4. The summed E-state index contributed by atoms with van der Waals surface area (Å²) in [5.74, 6) is -0.855. The molecule has 0 unspecified atom stereocenters. The molecule has 0 aromatic rings. The van der Waals surface area contributed by atoms with Gasteiger partial charge in [0.2, 0.25) is 5.91 Å². The number of carbonyl (C=O) groups excluding carboxylic acids is 1. The van der Waals surface area contributed by atoms with Gasteiger partial charge < -0.3 is 10.0 Å². The maximum atomic E-state index is 11.3. The highest BCUT2D eigenvalue weighted by atomic mass is 33.1. The van der Waals surface area contributed by atoms with Gasteiger partial charge in [-0.15, -0.1) is 0 Å². The number of carbonyl (C=O) groups is 2. The molecule has 88 valence electrons. The molecule has 0 aromatic heterocycles. The van der Waals surface area contributed by atoms with E-state index >= 15 is 0 Å². The lowest BCUT2D eigenvalue weighted by Crippen LogP contribution is -2.52. The SMILES string of the molecule is CSS[C@](CCS)(C(=O)O)N(C)C(C)=O. The van der Waals surface area contributed by atoms with Crippen molar-refractivity contribution in [1.29, 1.82) is 0 Å². The van der Waals surface area contributed by atoms with Gasteiger partial charge in [-0.2, -0.15) is 12.6 Å². The molecule has 4 nitrogen and oxygen atoms in total. The second-order valence-electron chi connectivity index (χ2n) is 2.89. The molecule has 0 fully saturated rings. The smallest absolute Gasteiger partial charge is 0.341 e. The first-order chi connectivity index (χ1) is 6.92. The van der Waals surface area contributed by atoms with Crippen molar-refractivity contribution >= 4 is 46.1 Å². The van der Waals surface area contributed by atoms with Crippen LogP contribution in [-0.4, -0.2) is 45.8 Å². The number of thiol groups is 1. The molecule has 0 rings (SSSR count). The van der Waals surface area contributed by atoms with Crippen LogP contribution in [0.3, 0.4) is 0 Å². The van der Waals surface area contributed by atoms with Crippen LogP contribution in [0.4, 0.5) is 0 Å². The summed E-state index contributed by atoms with van der Waals surface area (Å²) in [5, 5.41) is 9.24. The fourth-order valence-electron chi connectivity index (χ4n) is 1.10. The third-order valence-electron chi connectivity index (χ3n) is 2.02. The average Bonchev–Trinajstić information content (AvgIpc) is 2.15. The van der Waals surface area contributed by atoms with Gasteiger partial charge in [0.25, 0.3) is 0 Å². The molecule has 0 aromatic carbocycles. The Morgan fingerprint density at radius 1 is 1.53 bits per heavy atom. The predicted octanol–water partition coefficient (Wildman–Crippen LogP) is 1.58. The molecule has 0 radical (unpaired) electrons. The van der Waals surface area contributed by atoms with E-state index in [2.05, 4.69) is 12.6 Å². The van der Waals surface area contributed by atoms with Crippen molar-refractivity contribution < 1.29 is 14.7 Å². The van der Waals surface area contributed by atoms with Gasteiger partial charge in [-0.1, -0.05) is 21.6 Å². The van der Waals surface area contributed by atoms with E-state index in [1.54, 1.807) is 6.26 Å². The van der Waals surface area contributed by atoms with Crippen LogP contribution in [0, 0.1) is 0 Å². The lowest BCUT2D eigenvalue weighted by molar-refractivity contribution is -0.150. The van der Waals surface area contributed by atoms with Crippen molar-refractivity contribution in [2.24, 2.45) is 0 Å². The second kappa shape index (κ2) is 6.55. The summed E-state index contributed by atoms with van der Waals surface area (Å²) in [4.78, 5) is 22.6. The van der Waals surface area contributed by atoms with E-state index in [9.17, 15) is 14.7 Å². The summed E-state index contributed by atoms with van der Waals surface area (Å²) in [6.45, 7) is 1.36. The van der Waals surface area contributed by atoms with Gasteiger partial charge in [-0.25, -0.2) is 4.79 Å². The number of aliphatic carboxylic acids is 1. The zero-order chi connectivity index (χ0) is 12.1. The Balaban J connectivity index is 5.09. The number of carboxylic acids is 1. The summed E-state index contributed by atoms with van der Waals surface area (Å²) >= 11 is 4.04.